The van der Waals surface area contributed by atoms with Crippen LogP contribution in [0.3, 0.4) is 0 Å². The number of hydrogen-bond donors (Lipinski definition) is 0. The predicted octanol–water partition coefficient (Wildman–Crippen LogP) is 3.58. The number of aromatic nitrogens is 2. The van der Waals surface area contributed by atoms with Crippen molar-refractivity contribution < 1.29 is 4.92 Å². The molecule has 0 N–H and O–H groups in total. The van der Waals surface area contributed by atoms with E-state index in [4.69, 9.17) is 5.26 Å². The van der Waals surface area contributed by atoms with Crippen LogP contribution >= 0.6 is 34.9 Å². The molecule has 0 fully saturated rings. The van der Waals surface area contributed by atoms with Crippen molar-refractivity contribution in [2.24, 2.45) is 0 Å². The van der Waals surface area contributed by atoms with Gasteiger partial charge in [0.2, 0.25) is 0 Å². The molecule has 102 valence electrons. The van der Waals surface area contributed by atoms with E-state index in [0.717, 1.165) is 10.1 Å². The van der Waals surface area contributed by atoms with Gasteiger partial charge in [0, 0.05) is 17.0 Å². The summed E-state index contributed by atoms with van der Waals surface area (Å²) in [7, 11) is 0. The first-order chi connectivity index (χ1) is 9.63. The molecule has 2 rings (SSSR count). The number of nitrogens with zero attached hydrogens (tertiary/aromatic N) is 4. The van der Waals surface area contributed by atoms with Crippen molar-refractivity contribution in [1.82, 2.24) is 10.2 Å². The fraction of sp³-hybridized carbons (Fsp3) is 0.182. The van der Waals surface area contributed by atoms with Crippen LogP contribution in [-0.2, 0) is 0 Å². The second-order valence-corrected chi connectivity index (χ2v) is 7.20. The first-order valence-electron chi connectivity index (χ1n) is 5.46. The van der Waals surface area contributed by atoms with Gasteiger partial charge in [-0.15, -0.1) is 10.2 Å². The quantitative estimate of drug-likeness (QED) is 0.471. The molecule has 0 saturated carbocycles. The zero-order valence-electron chi connectivity index (χ0n) is 10.3. The van der Waals surface area contributed by atoms with Gasteiger partial charge in [0.25, 0.3) is 5.69 Å². The molecule has 0 aliphatic rings. The normalized spacial score (nSPS) is 10.2. The summed E-state index contributed by atoms with van der Waals surface area (Å²) in [6.45, 7) is 2.03. The monoisotopic (exact) mass is 324 g/mol. The standard InChI is InChI=1S/C11H8N4O2S3/c1-2-18-10-13-14-11(20-10)19-9-4-3-8(15(16)17)5-7(9)6-12/h3-5H,2H2,1H3. The van der Waals surface area contributed by atoms with Gasteiger partial charge in [0.15, 0.2) is 8.68 Å². The van der Waals surface area contributed by atoms with Crippen LogP contribution in [0.5, 0.6) is 0 Å². The van der Waals surface area contributed by atoms with Gasteiger partial charge in [-0.3, -0.25) is 10.1 Å². The van der Waals surface area contributed by atoms with Gasteiger partial charge in [0.1, 0.15) is 6.07 Å². The van der Waals surface area contributed by atoms with Crippen LogP contribution in [-0.4, -0.2) is 20.9 Å². The molecule has 1 aromatic heterocycles. The average Bonchev–Trinajstić information content (AvgIpc) is 2.87. The van der Waals surface area contributed by atoms with Crippen molar-refractivity contribution in [3.05, 3.63) is 33.9 Å². The Morgan fingerprint density at radius 2 is 2.20 bits per heavy atom. The summed E-state index contributed by atoms with van der Waals surface area (Å²) in [5.74, 6) is 0.917. The largest absolute Gasteiger partial charge is 0.270 e. The summed E-state index contributed by atoms with van der Waals surface area (Å²) >= 11 is 4.34. The third-order valence-electron chi connectivity index (χ3n) is 2.15. The summed E-state index contributed by atoms with van der Waals surface area (Å²) in [6.07, 6.45) is 0. The van der Waals surface area contributed by atoms with Crippen molar-refractivity contribution in [3.63, 3.8) is 0 Å². The molecular formula is C11H8N4O2S3. The molecule has 0 amide bonds. The zero-order valence-corrected chi connectivity index (χ0v) is 12.7. The van der Waals surface area contributed by atoms with Gasteiger partial charge >= 0.3 is 0 Å². The molecular weight excluding hydrogens is 316 g/mol. The average molecular weight is 324 g/mol. The molecule has 20 heavy (non-hydrogen) atoms. The summed E-state index contributed by atoms with van der Waals surface area (Å²) in [6, 6.07) is 6.18. The predicted molar refractivity (Wildman–Crippen MR) is 78.2 cm³/mol. The van der Waals surface area contributed by atoms with E-state index in [9.17, 15) is 10.1 Å². The summed E-state index contributed by atoms with van der Waals surface area (Å²) in [5, 5.41) is 27.8. The Balaban J connectivity index is 2.24. The number of nitro benzene ring substituents is 1. The van der Waals surface area contributed by atoms with E-state index >= 15 is 0 Å². The van der Waals surface area contributed by atoms with Crippen molar-refractivity contribution in [3.8, 4) is 6.07 Å². The minimum absolute atomic E-state index is 0.0922. The second kappa shape index (κ2) is 6.69. The lowest BCUT2D eigenvalue weighted by molar-refractivity contribution is -0.384. The maximum atomic E-state index is 10.7. The molecule has 0 spiro atoms. The minimum Gasteiger partial charge on any atom is -0.258 e. The molecule has 0 atom stereocenters. The number of rotatable bonds is 5. The maximum Gasteiger partial charge on any atom is 0.270 e. The van der Waals surface area contributed by atoms with Gasteiger partial charge < -0.3 is 0 Å². The zero-order chi connectivity index (χ0) is 14.5. The highest BCUT2D eigenvalue weighted by Gasteiger charge is 2.13. The van der Waals surface area contributed by atoms with E-state index in [2.05, 4.69) is 10.2 Å². The second-order valence-electron chi connectivity index (χ2n) is 3.42. The van der Waals surface area contributed by atoms with Crippen LogP contribution in [0.4, 0.5) is 5.69 Å². The molecule has 9 heteroatoms. The SMILES string of the molecule is CCSc1nnc(Sc2ccc([N+](=O)[O-])cc2C#N)s1. The van der Waals surface area contributed by atoms with E-state index in [1.165, 1.54) is 35.2 Å². The molecule has 0 radical (unpaired) electrons. The first-order valence-corrected chi connectivity index (χ1v) is 8.08. The molecule has 1 aromatic carbocycles. The Bertz CT molecular complexity index is 681. The fourth-order valence-corrected chi connectivity index (χ4v) is 4.26. The highest BCUT2D eigenvalue weighted by Crippen LogP contribution is 2.35. The molecule has 1 heterocycles. The Morgan fingerprint density at radius 1 is 1.45 bits per heavy atom. The smallest absolute Gasteiger partial charge is 0.258 e. The molecule has 0 aliphatic carbocycles. The van der Waals surface area contributed by atoms with E-state index in [0.29, 0.717) is 9.24 Å². The first kappa shape index (κ1) is 14.8. The number of non-ortho nitro benzene ring substituents is 1. The van der Waals surface area contributed by atoms with Crippen molar-refractivity contribution in [2.45, 2.75) is 20.5 Å². The lowest BCUT2D eigenvalue weighted by atomic mass is 10.2. The Hall–Kier alpha value is -1.63. The maximum absolute atomic E-state index is 10.7. The lowest BCUT2D eigenvalue weighted by Crippen LogP contribution is -1.90. The molecule has 0 unspecified atom stereocenters. The number of hydrogen-bond acceptors (Lipinski definition) is 8. The van der Waals surface area contributed by atoms with E-state index < -0.39 is 4.92 Å². The van der Waals surface area contributed by atoms with Gasteiger partial charge in [-0.1, -0.05) is 41.8 Å². The Labute approximate surface area is 127 Å². The van der Waals surface area contributed by atoms with Crippen LogP contribution in [0.2, 0.25) is 0 Å². The van der Waals surface area contributed by atoms with Gasteiger partial charge in [-0.2, -0.15) is 5.26 Å². The summed E-state index contributed by atoms with van der Waals surface area (Å²) < 4.78 is 1.58. The van der Waals surface area contributed by atoms with E-state index in [1.807, 2.05) is 13.0 Å². The molecule has 2 aromatic rings. The van der Waals surface area contributed by atoms with E-state index in [-0.39, 0.29) is 11.3 Å². The number of thioether (sulfide) groups is 1. The third-order valence-corrected chi connectivity index (χ3v) is 5.21. The minimum atomic E-state index is -0.518. The van der Waals surface area contributed by atoms with Gasteiger partial charge in [-0.05, 0) is 11.8 Å². The van der Waals surface area contributed by atoms with Crippen LogP contribution < -0.4 is 0 Å². The Kier molecular flexibility index (Phi) is 4.94. The molecule has 0 bridgehead atoms. The third kappa shape index (κ3) is 3.47. The van der Waals surface area contributed by atoms with Crippen LogP contribution in [0.15, 0.2) is 31.8 Å². The molecule has 0 aliphatic heterocycles. The van der Waals surface area contributed by atoms with Gasteiger partial charge in [0.05, 0.1) is 10.5 Å². The van der Waals surface area contributed by atoms with Crippen LogP contribution in [0.25, 0.3) is 0 Å². The van der Waals surface area contributed by atoms with Crippen molar-refractivity contribution >= 4 is 40.5 Å². The van der Waals surface area contributed by atoms with Crippen molar-refractivity contribution in [2.75, 3.05) is 5.75 Å². The number of benzene rings is 1. The number of nitro groups is 1. The summed E-state index contributed by atoms with van der Waals surface area (Å²) in [5.41, 5.74) is 0.175. The number of nitriles is 1. The topological polar surface area (TPSA) is 92.7 Å². The highest BCUT2D eigenvalue weighted by molar-refractivity contribution is 8.03. The molecule has 0 saturated heterocycles. The highest BCUT2D eigenvalue weighted by atomic mass is 32.2. The molecule has 6 nitrogen and oxygen atoms in total. The van der Waals surface area contributed by atoms with Crippen LogP contribution in [0.1, 0.15) is 12.5 Å². The van der Waals surface area contributed by atoms with Crippen LogP contribution in [0, 0.1) is 21.4 Å². The fourth-order valence-electron chi connectivity index (χ4n) is 1.32. The lowest BCUT2D eigenvalue weighted by Gasteiger charge is -2.00. The van der Waals surface area contributed by atoms with Gasteiger partial charge in [-0.25, -0.2) is 0 Å². The van der Waals surface area contributed by atoms with E-state index in [1.54, 1.807) is 17.8 Å². The Morgan fingerprint density at radius 3 is 2.85 bits per heavy atom. The van der Waals surface area contributed by atoms with Crippen molar-refractivity contribution in [1.29, 1.82) is 5.26 Å². The summed E-state index contributed by atoms with van der Waals surface area (Å²) in [4.78, 5) is 10.8.